The predicted octanol–water partition coefficient (Wildman–Crippen LogP) is 6.57. The van der Waals surface area contributed by atoms with E-state index in [9.17, 15) is 27.1 Å². The second-order valence-electron chi connectivity index (χ2n) is 13.6. The number of pyridine rings is 1. The number of phenols is 1. The number of aryl methyl sites for hydroxylation is 1. The average molecular weight is 797 g/mol. The number of ether oxygens (including phenoxy) is 1. The monoisotopic (exact) mass is 796 g/mol. The Morgan fingerprint density at radius 1 is 0.947 bits per heavy atom. The number of para-hydroxylation sites is 1. The summed E-state index contributed by atoms with van der Waals surface area (Å²) >= 11 is 0. The minimum absolute atomic E-state index is 0.141. The van der Waals surface area contributed by atoms with Gasteiger partial charge in [0.25, 0.3) is 5.91 Å². The number of rotatable bonds is 13. The third-order valence-electron chi connectivity index (χ3n) is 9.74. The van der Waals surface area contributed by atoms with Crippen molar-refractivity contribution in [2.45, 2.75) is 20.3 Å². The van der Waals surface area contributed by atoms with E-state index in [1.165, 1.54) is 24.5 Å². The number of anilines is 4. The van der Waals surface area contributed by atoms with E-state index in [4.69, 9.17) is 14.7 Å². The van der Waals surface area contributed by atoms with E-state index in [0.29, 0.717) is 52.9 Å². The van der Waals surface area contributed by atoms with Crippen molar-refractivity contribution >= 4 is 44.4 Å². The molecule has 0 radical (unpaired) electrons. The van der Waals surface area contributed by atoms with Crippen LogP contribution in [0.5, 0.6) is 11.5 Å². The van der Waals surface area contributed by atoms with E-state index < -0.39 is 33.1 Å². The molecule has 16 heteroatoms. The number of piperazine rings is 1. The topological polar surface area (TPSA) is 154 Å². The van der Waals surface area contributed by atoms with Crippen LogP contribution >= 0.6 is 0 Å². The standard InChI is InChI=1S/C41H42F2N8O5S/c1-4-26-24-32(35(56-5-2)25-33(26)50-19-17-49(18-20-50)21-22-57(3,54)55)46-41-44-15-14-31(45-41)39-37(47-36-11-6-7-16-51(36)39)27-12-13-34(52)28(23-27)40(53)48-38-29(42)9-8-10-30(38)43/h6-16,23-25,52H,4-5,17-22H2,1-3H3,(H,48,53)(H,44,45,46). The number of carbonyl (C=O) groups excluding carboxylic acids is 1. The minimum Gasteiger partial charge on any atom is -0.507 e. The quantitative estimate of drug-likeness (QED) is 0.116. The molecule has 1 amide bonds. The number of sulfone groups is 1. The number of aromatic nitrogens is 4. The molecule has 13 nitrogen and oxygen atoms in total. The molecule has 57 heavy (non-hydrogen) atoms. The zero-order valence-electron chi connectivity index (χ0n) is 31.7. The molecule has 0 atom stereocenters. The molecule has 1 saturated heterocycles. The molecule has 0 saturated carbocycles. The van der Waals surface area contributed by atoms with Gasteiger partial charge in [-0.2, -0.15) is 0 Å². The van der Waals surface area contributed by atoms with Gasteiger partial charge in [-0.05, 0) is 73.5 Å². The smallest absolute Gasteiger partial charge is 0.259 e. The lowest BCUT2D eigenvalue weighted by Gasteiger charge is -2.37. The average Bonchev–Trinajstić information content (AvgIpc) is 3.59. The van der Waals surface area contributed by atoms with Crippen molar-refractivity contribution in [3.8, 4) is 34.1 Å². The highest BCUT2D eigenvalue weighted by Gasteiger charge is 2.24. The molecule has 3 aromatic carbocycles. The molecule has 296 valence electrons. The number of halogens is 2. The molecular weight excluding hydrogens is 755 g/mol. The fourth-order valence-corrected chi connectivity index (χ4v) is 7.44. The summed E-state index contributed by atoms with van der Waals surface area (Å²) in [5.41, 5.74) is 4.51. The number of phenolic OH excluding ortho intramolecular Hbond substituents is 1. The molecule has 3 aromatic heterocycles. The van der Waals surface area contributed by atoms with Gasteiger partial charge in [0.15, 0.2) is 0 Å². The van der Waals surface area contributed by atoms with Crippen LogP contribution in [0.3, 0.4) is 0 Å². The molecule has 6 aromatic rings. The van der Waals surface area contributed by atoms with E-state index in [1.807, 2.05) is 47.9 Å². The number of amides is 1. The molecule has 7 rings (SSSR count). The number of nitrogens with one attached hydrogen (secondary N) is 2. The predicted molar refractivity (Wildman–Crippen MR) is 216 cm³/mol. The molecule has 1 aliphatic heterocycles. The maximum absolute atomic E-state index is 14.4. The first kappa shape index (κ1) is 39.1. The summed E-state index contributed by atoms with van der Waals surface area (Å²) in [6.45, 7) is 7.94. The van der Waals surface area contributed by atoms with Crippen LogP contribution in [0.2, 0.25) is 0 Å². The minimum atomic E-state index is -3.03. The Bertz CT molecular complexity index is 2540. The van der Waals surface area contributed by atoms with Crippen molar-refractivity contribution < 1.29 is 31.8 Å². The highest BCUT2D eigenvalue weighted by molar-refractivity contribution is 7.90. The van der Waals surface area contributed by atoms with Crippen molar-refractivity contribution in [3.63, 3.8) is 0 Å². The van der Waals surface area contributed by atoms with Crippen LogP contribution in [0, 0.1) is 11.6 Å². The summed E-state index contributed by atoms with van der Waals surface area (Å²) in [4.78, 5) is 32.0. The van der Waals surface area contributed by atoms with Crippen LogP contribution in [0.25, 0.3) is 28.3 Å². The Morgan fingerprint density at radius 3 is 2.44 bits per heavy atom. The maximum atomic E-state index is 14.4. The molecule has 4 heterocycles. The molecule has 0 bridgehead atoms. The van der Waals surface area contributed by atoms with Gasteiger partial charge < -0.3 is 25.4 Å². The molecular formula is C41H42F2N8O5S. The van der Waals surface area contributed by atoms with Gasteiger partial charge in [0, 0.05) is 68.7 Å². The van der Waals surface area contributed by atoms with Crippen molar-refractivity contribution in [2.24, 2.45) is 0 Å². The largest absolute Gasteiger partial charge is 0.507 e. The number of imidazole rings is 1. The first-order valence-electron chi connectivity index (χ1n) is 18.5. The number of hydrogen-bond donors (Lipinski definition) is 3. The second kappa shape index (κ2) is 16.5. The number of hydrogen-bond acceptors (Lipinski definition) is 11. The van der Waals surface area contributed by atoms with Gasteiger partial charge >= 0.3 is 0 Å². The number of benzene rings is 3. The van der Waals surface area contributed by atoms with E-state index >= 15 is 0 Å². The molecule has 1 aliphatic rings. The Kier molecular flexibility index (Phi) is 11.3. The van der Waals surface area contributed by atoms with Crippen molar-refractivity contribution in [3.05, 3.63) is 108 Å². The first-order valence-corrected chi connectivity index (χ1v) is 20.6. The first-order chi connectivity index (χ1) is 27.4. The van der Waals surface area contributed by atoms with Crippen molar-refractivity contribution in [1.82, 2.24) is 24.3 Å². The summed E-state index contributed by atoms with van der Waals surface area (Å²) in [6, 6.07) is 18.9. The fraction of sp³-hybridized carbons (Fsp3) is 0.268. The zero-order chi connectivity index (χ0) is 40.3. The van der Waals surface area contributed by atoms with Gasteiger partial charge in [-0.3, -0.25) is 14.1 Å². The Morgan fingerprint density at radius 2 is 1.72 bits per heavy atom. The van der Waals surface area contributed by atoms with E-state index in [2.05, 4.69) is 32.3 Å². The van der Waals surface area contributed by atoms with Crippen molar-refractivity contribution in [1.29, 1.82) is 0 Å². The van der Waals surface area contributed by atoms with Crippen LogP contribution in [-0.2, 0) is 16.3 Å². The third-order valence-corrected chi connectivity index (χ3v) is 10.7. The fourth-order valence-electron chi connectivity index (χ4n) is 6.85. The lowest BCUT2D eigenvalue weighted by molar-refractivity contribution is 0.102. The van der Waals surface area contributed by atoms with Gasteiger partial charge in [-0.1, -0.05) is 19.1 Å². The van der Waals surface area contributed by atoms with Gasteiger partial charge in [-0.15, -0.1) is 0 Å². The molecule has 3 N–H and O–H groups in total. The Balaban J connectivity index is 1.20. The highest BCUT2D eigenvalue weighted by Crippen LogP contribution is 2.38. The van der Waals surface area contributed by atoms with Crippen LogP contribution < -0.4 is 20.3 Å². The highest BCUT2D eigenvalue weighted by atomic mass is 32.2. The molecule has 0 unspecified atom stereocenters. The number of nitrogens with zero attached hydrogens (tertiary/aromatic N) is 6. The Labute approximate surface area is 328 Å². The van der Waals surface area contributed by atoms with Crippen LogP contribution in [-0.4, -0.2) is 95.0 Å². The summed E-state index contributed by atoms with van der Waals surface area (Å²) < 4.78 is 60.2. The van der Waals surface area contributed by atoms with E-state index in [1.54, 1.807) is 18.3 Å². The van der Waals surface area contributed by atoms with Gasteiger partial charge in [0.1, 0.15) is 44.3 Å². The maximum Gasteiger partial charge on any atom is 0.259 e. The summed E-state index contributed by atoms with van der Waals surface area (Å²) in [5.74, 6) is -2.15. The van der Waals surface area contributed by atoms with Gasteiger partial charge in [-0.25, -0.2) is 32.2 Å². The lowest BCUT2D eigenvalue weighted by atomic mass is 10.0. The number of aromatic hydroxyl groups is 1. The van der Waals surface area contributed by atoms with E-state index in [0.717, 1.165) is 56.0 Å². The lowest BCUT2D eigenvalue weighted by Crippen LogP contribution is -2.47. The number of carbonyl (C=O) groups is 1. The molecule has 0 spiro atoms. The molecule has 0 aliphatic carbocycles. The molecule has 1 fully saturated rings. The number of fused-ring (bicyclic) bond motifs is 1. The normalized spacial score (nSPS) is 13.5. The summed E-state index contributed by atoms with van der Waals surface area (Å²) in [7, 11) is -3.03. The SMILES string of the molecule is CCOc1cc(N2CCN(CCS(C)(=O)=O)CC2)c(CC)cc1Nc1nccc(-c2c(-c3ccc(O)c(C(=O)Nc4c(F)cccc4F)c3)nc3ccccn23)n1. The van der Waals surface area contributed by atoms with Gasteiger partial charge in [0.2, 0.25) is 5.95 Å². The summed E-state index contributed by atoms with van der Waals surface area (Å²) in [6.07, 6.45) is 5.46. The van der Waals surface area contributed by atoms with Gasteiger partial charge in [0.05, 0.1) is 40.7 Å². The van der Waals surface area contributed by atoms with Crippen molar-refractivity contribution in [2.75, 3.05) is 66.9 Å². The Hall–Kier alpha value is -6.13. The van der Waals surface area contributed by atoms with Crippen LogP contribution in [0.4, 0.5) is 31.8 Å². The third kappa shape index (κ3) is 8.66. The summed E-state index contributed by atoms with van der Waals surface area (Å²) in [5, 5.41) is 16.3. The van der Waals surface area contributed by atoms with Crippen LogP contribution in [0.1, 0.15) is 29.8 Å². The van der Waals surface area contributed by atoms with E-state index in [-0.39, 0.29) is 23.0 Å². The zero-order valence-corrected chi connectivity index (χ0v) is 32.5. The van der Waals surface area contributed by atoms with Crippen LogP contribution in [0.15, 0.2) is 85.2 Å². The second-order valence-corrected chi connectivity index (χ2v) is 15.9.